The quantitative estimate of drug-likeness (QED) is 0.809. The summed E-state index contributed by atoms with van der Waals surface area (Å²) in [6, 6.07) is 0.402. The van der Waals surface area contributed by atoms with E-state index in [1.165, 1.54) is 12.7 Å². The first-order chi connectivity index (χ1) is 10.8. The fraction of sp³-hybridized carbons (Fsp3) is 0.615. The van der Waals surface area contributed by atoms with Gasteiger partial charge in [0.1, 0.15) is 12.7 Å². The van der Waals surface area contributed by atoms with Crippen LogP contribution < -0.4 is 0 Å². The van der Waals surface area contributed by atoms with Gasteiger partial charge in [-0.3, -0.25) is 14.5 Å². The lowest BCUT2D eigenvalue weighted by Crippen LogP contribution is -2.47. The first-order valence-electron chi connectivity index (χ1n) is 7.47. The third-order valence-electron chi connectivity index (χ3n) is 4.65. The van der Waals surface area contributed by atoms with E-state index in [2.05, 4.69) is 25.4 Å². The van der Waals surface area contributed by atoms with Crippen LogP contribution in [0, 0.1) is 5.92 Å². The van der Waals surface area contributed by atoms with Crippen molar-refractivity contribution in [3.63, 3.8) is 0 Å². The molecule has 2 fully saturated rings. The summed E-state index contributed by atoms with van der Waals surface area (Å²) in [4.78, 5) is 18.9. The largest absolute Gasteiger partial charge is 0.396 e. The van der Waals surface area contributed by atoms with Crippen LogP contribution in [0.2, 0.25) is 0 Å². The van der Waals surface area contributed by atoms with Gasteiger partial charge in [0.2, 0.25) is 5.82 Å². The maximum Gasteiger partial charge on any atom is 0.291 e. The number of nitrogens with one attached hydrogen (secondary N) is 1. The second-order valence-electron chi connectivity index (χ2n) is 5.97. The number of aromatic amines is 1. The Balaban J connectivity index is 1.55. The van der Waals surface area contributed by atoms with E-state index in [0.717, 1.165) is 25.7 Å². The standard InChI is InChI=1S/C13H17N7O2/c21-5-8-3-9-1-2-10(4-8)20(9)12(22)11-16-13(18-17-11)19-6-14-15-7-19/h6-10,21H,1-5H2,(H,16,17,18)/t8?,9-,10+. The number of aliphatic hydroxyl groups excluding tert-OH is 1. The summed E-state index contributed by atoms with van der Waals surface area (Å²) in [5.41, 5.74) is 0. The van der Waals surface area contributed by atoms with Crippen LogP contribution in [0.4, 0.5) is 0 Å². The van der Waals surface area contributed by atoms with Crippen molar-refractivity contribution in [2.24, 2.45) is 5.92 Å². The molecule has 2 N–H and O–H groups in total. The second kappa shape index (κ2) is 5.16. The van der Waals surface area contributed by atoms with Crippen LogP contribution in [0.1, 0.15) is 36.3 Å². The van der Waals surface area contributed by atoms with E-state index in [1.54, 1.807) is 4.57 Å². The number of piperidine rings is 1. The summed E-state index contributed by atoms with van der Waals surface area (Å²) < 4.78 is 1.54. The second-order valence-corrected chi connectivity index (χ2v) is 5.97. The normalized spacial score (nSPS) is 27.3. The summed E-state index contributed by atoms with van der Waals surface area (Å²) >= 11 is 0. The van der Waals surface area contributed by atoms with Crippen LogP contribution in [0.15, 0.2) is 12.7 Å². The molecular weight excluding hydrogens is 286 g/mol. The lowest BCUT2D eigenvalue weighted by atomic mass is 9.91. The molecule has 2 aromatic rings. The van der Waals surface area contributed by atoms with Crippen molar-refractivity contribution >= 4 is 5.91 Å². The SMILES string of the molecule is O=C(c1nc(-n2cnnc2)n[nH]1)N1[C@@H]2CC[C@H]1CC(CO)C2. The molecule has 22 heavy (non-hydrogen) atoms. The summed E-state index contributed by atoms with van der Waals surface area (Å²) in [5.74, 6) is 0.786. The van der Waals surface area contributed by atoms with Gasteiger partial charge in [-0.25, -0.2) is 0 Å². The molecule has 116 valence electrons. The van der Waals surface area contributed by atoms with E-state index in [0.29, 0.717) is 11.9 Å². The fourth-order valence-electron chi connectivity index (χ4n) is 3.66. The Labute approximate surface area is 126 Å². The molecule has 2 aliphatic heterocycles. The van der Waals surface area contributed by atoms with Crippen molar-refractivity contribution in [1.82, 2.24) is 34.8 Å². The van der Waals surface area contributed by atoms with Gasteiger partial charge in [0.25, 0.3) is 11.9 Å². The lowest BCUT2D eigenvalue weighted by Gasteiger charge is -2.37. The van der Waals surface area contributed by atoms with Crippen LogP contribution in [-0.4, -0.2) is 64.5 Å². The highest BCUT2D eigenvalue weighted by molar-refractivity contribution is 5.91. The van der Waals surface area contributed by atoms with Gasteiger partial charge in [-0.05, 0) is 31.6 Å². The molecule has 0 aliphatic carbocycles. The zero-order valence-corrected chi connectivity index (χ0v) is 12.0. The van der Waals surface area contributed by atoms with E-state index >= 15 is 0 Å². The number of nitrogens with zero attached hydrogens (tertiary/aromatic N) is 6. The van der Waals surface area contributed by atoms with Crippen molar-refractivity contribution < 1.29 is 9.90 Å². The molecule has 9 heteroatoms. The monoisotopic (exact) mass is 303 g/mol. The van der Waals surface area contributed by atoms with Gasteiger partial charge in [0.05, 0.1) is 0 Å². The van der Waals surface area contributed by atoms with E-state index in [9.17, 15) is 9.90 Å². The smallest absolute Gasteiger partial charge is 0.291 e. The van der Waals surface area contributed by atoms with Gasteiger partial charge in [-0.15, -0.1) is 15.3 Å². The molecule has 4 heterocycles. The number of rotatable bonds is 3. The Hall–Kier alpha value is -2.29. The van der Waals surface area contributed by atoms with Crippen LogP contribution in [0.5, 0.6) is 0 Å². The molecule has 2 aliphatic rings. The number of aromatic nitrogens is 6. The molecule has 2 aromatic heterocycles. The van der Waals surface area contributed by atoms with Gasteiger partial charge in [-0.1, -0.05) is 0 Å². The molecule has 2 bridgehead atoms. The minimum absolute atomic E-state index is 0.115. The fourth-order valence-corrected chi connectivity index (χ4v) is 3.66. The van der Waals surface area contributed by atoms with Gasteiger partial charge >= 0.3 is 0 Å². The van der Waals surface area contributed by atoms with Crippen molar-refractivity contribution in [1.29, 1.82) is 0 Å². The van der Waals surface area contributed by atoms with E-state index in [-0.39, 0.29) is 30.4 Å². The molecule has 0 saturated carbocycles. The Bertz CT molecular complexity index is 654. The molecule has 0 aromatic carbocycles. The zero-order chi connectivity index (χ0) is 15.1. The summed E-state index contributed by atoms with van der Waals surface area (Å²) in [6.45, 7) is 0.203. The summed E-state index contributed by atoms with van der Waals surface area (Å²) in [6.07, 6.45) is 6.69. The van der Waals surface area contributed by atoms with Crippen LogP contribution in [-0.2, 0) is 0 Å². The van der Waals surface area contributed by atoms with Crippen molar-refractivity contribution in [2.75, 3.05) is 6.61 Å². The average Bonchev–Trinajstić information content (AvgIpc) is 3.25. The number of fused-ring (bicyclic) bond motifs is 2. The molecule has 9 nitrogen and oxygen atoms in total. The molecule has 2 saturated heterocycles. The Morgan fingerprint density at radius 3 is 2.59 bits per heavy atom. The molecule has 0 radical (unpaired) electrons. The van der Waals surface area contributed by atoms with Gasteiger partial charge in [0.15, 0.2) is 0 Å². The maximum absolute atomic E-state index is 12.7. The number of hydrogen-bond donors (Lipinski definition) is 2. The highest BCUT2D eigenvalue weighted by atomic mass is 16.3. The molecule has 3 atom stereocenters. The molecule has 4 rings (SSSR count). The summed E-state index contributed by atoms with van der Waals surface area (Å²) in [5, 5.41) is 23.5. The Morgan fingerprint density at radius 2 is 1.95 bits per heavy atom. The first kappa shape index (κ1) is 13.4. The van der Waals surface area contributed by atoms with Crippen LogP contribution >= 0.6 is 0 Å². The van der Waals surface area contributed by atoms with Gasteiger partial charge in [0, 0.05) is 18.7 Å². The number of hydrogen-bond acceptors (Lipinski definition) is 6. The Kier molecular flexibility index (Phi) is 3.14. The van der Waals surface area contributed by atoms with E-state index in [1.807, 2.05) is 4.90 Å². The highest BCUT2D eigenvalue weighted by Gasteiger charge is 2.43. The maximum atomic E-state index is 12.7. The molecule has 1 unspecified atom stereocenters. The number of carbonyl (C=O) groups excluding carboxylic acids is 1. The third kappa shape index (κ3) is 2.08. The van der Waals surface area contributed by atoms with Crippen LogP contribution in [0.3, 0.4) is 0 Å². The molecule has 0 spiro atoms. The average molecular weight is 303 g/mol. The number of H-pyrrole nitrogens is 1. The molecule has 1 amide bonds. The summed E-state index contributed by atoms with van der Waals surface area (Å²) in [7, 11) is 0. The van der Waals surface area contributed by atoms with Gasteiger partial charge in [-0.2, -0.15) is 4.98 Å². The predicted molar refractivity (Wildman–Crippen MR) is 74.1 cm³/mol. The number of amides is 1. The highest BCUT2D eigenvalue weighted by Crippen LogP contribution is 2.39. The van der Waals surface area contributed by atoms with Gasteiger partial charge < -0.3 is 10.0 Å². The van der Waals surface area contributed by atoms with Crippen molar-refractivity contribution in [3.8, 4) is 5.95 Å². The Morgan fingerprint density at radius 1 is 1.27 bits per heavy atom. The van der Waals surface area contributed by atoms with Crippen molar-refractivity contribution in [3.05, 3.63) is 18.5 Å². The lowest BCUT2D eigenvalue weighted by molar-refractivity contribution is 0.0442. The first-order valence-corrected chi connectivity index (χ1v) is 7.47. The van der Waals surface area contributed by atoms with E-state index < -0.39 is 0 Å². The van der Waals surface area contributed by atoms with Crippen LogP contribution in [0.25, 0.3) is 5.95 Å². The topological polar surface area (TPSA) is 113 Å². The number of aliphatic hydroxyl groups is 1. The zero-order valence-electron chi connectivity index (χ0n) is 12.0. The van der Waals surface area contributed by atoms with E-state index in [4.69, 9.17) is 0 Å². The third-order valence-corrected chi connectivity index (χ3v) is 4.65. The minimum atomic E-state index is -0.115. The minimum Gasteiger partial charge on any atom is -0.396 e. The molecular formula is C13H17N7O2. The predicted octanol–water partition coefficient (Wildman–Crippen LogP) is -0.239. The number of carbonyl (C=O) groups is 1. The van der Waals surface area contributed by atoms with Crippen molar-refractivity contribution in [2.45, 2.75) is 37.8 Å².